The lowest BCUT2D eigenvalue weighted by molar-refractivity contribution is -0.689. The molecule has 8 nitrogen and oxygen atoms in total. The van der Waals surface area contributed by atoms with E-state index in [1.165, 1.54) is 6.07 Å². The molecular formula is C24H25ClN3O5S+. The van der Waals surface area contributed by atoms with Gasteiger partial charge in [0, 0.05) is 38.1 Å². The Kier molecular flexibility index (Phi) is 7.77. The summed E-state index contributed by atoms with van der Waals surface area (Å²) in [5, 5.41) is 12.3. The number of aromatic nitrogens is 1. The number of thiazole rings is 1. The molecule has 0 spiro atoms. The molecule has 34 heavy (non-hydrogen) atoms. The number of nitro groups is 1. The molecule has 3 aromatic rings. The first-order chi connectivity index (χ1) is 16.4. The van der Waals surface area contributed by atoms with Crippen molar-refractivity contribution in [3.8, 4) is 0 Å². The van der Waals surface area contributed by atoms with Gasteiger partial charge in [-0.25, -0.2) is 4.79 Å². The van der Waals surface area contributed by atoms with Gasteiger partial charge in [0.1, 0.15) is 5.69 Å². The molecule has 2 aromatic carbocycles. The molecule has 0 N–H and O–H groups in total. The normalized spacial score (nSPS) is 13.6. The summed E-state index contributed by atoms with van der Waals surface area (Å²) in [6.07, 6.45) is 0.561. The fraction of sp³-hybridized carbons (Fsp3) is 0.333. The maximum Gasteiger partial charge on any atom is 0.338 e. The summed E-state index contributed by atoms with van der Waals surface area (Å²) in [6.45, 7) is 5.05. The minimum Gasteiger partial charge on any atom is -0.462 e. The molecule has 0 amide bonds. The summed E-state index contributed by atoms with van der Waals surface area (Å²) in [4.78, 5) is 26.7. The topological polar surface area (TPSA) is 85.8 Å². The van der Waals surface area contributed by atoms with Crippen LogP contribution in [0.5, 0.6) is 0 Å². The number of nitrogens with zero attached hydrogens (tertiary/aromatic N) is 3. The highest BCUT2D eigenvalue weighted by Crippen LogP contribution is 2.30. The van der Waals surface area contributed by atoms with E-state index in [9.17, 15) is 14.9 Å². The maximum absolute atomic E-state index is 12.6. The van der Waals surface area contributed by atoms with Crippen molar-refractivity contribution >= 4 is 40.3 Å². The molecule has 1 aliphatic rings. The number of carbonyl (C=O) groups excluding carboxylic acids is 1. The van der Waals surface area contributed by atoms with Gasteiger partial charge in [-0.3, -0.25) is 10.1 Å². The van der Waals surface area contributed by atoms with E-state index in [4.69, 9.17) is 21.1 Å². The van der Waals surface area contributed by atoms with E-state index in [1.54, 1.807) is 23.5 Å². The molecule has 0 atom stereocenters. The van der Waals surface area contributed by atoms with Crippen molar-refractivity contribution in [2.24, 2.45) is 0 Å². The zero-order chi connectivity index (χ0) is 24.1. The Morgan fingerprint density at radius 1 is 1.26 bits per heavy atom. The predicted octanol–water partition coefficient (Wildman–Crippen LogP) is 4.19. The lowest BCUT2D eigenvalue weighted by Gasteiger charge is -2.28. The number of ether oxygens (including phenoxy) is 2. The van der Waals surface area contributed by atoms with Crippen LogP contribution in [0.2, 0.25) is 5.02 Å². The Morgan fingerprint density at radius 2 is 2.03 bits per heavy atom. The molecule has 0 unspecified atom stereocenters. The van der Waals surface area contributed by atoms with E-state index >= 15 is 0 Å². The van der Waals surface area contributed by atoms with E-state index < -0.39 is 10.9 Å². The van der Waals surface area contributed by atoms with Gasteiger partial charge in [0.05, 0.1) is 40.2 Å². The summed E-state index contributed by atoms with van der Waals surface area (Å²) in [6, 6.07) is 12.2. The number of morpholine rings is 1. The molecule has 0 saturated carbocycles. The average Bonchev–Trinajstić information content (AvgIpc) is 3.19. The number of esters is 1. The highest BCUT2D eigenvalue weighted by Gasteiger charge is 2.24. The maximum atomic E-state index is 12.6. The molecule has 1 fully saturated rings. The summed E-state index contributed by atoms with van der Waals surface area (Å²) in [5.74, 6) is -0.574. The molecule has 4 rings (SSSR count). The molecule has 1 saturated heterocycles. The highest BCUT2D eigenvalue weighted by atomic mass is 35.5. The Bertz CT molecular complexity index is 1190. The van der Waals surface area contributed by atoms with Crippen LogP contribution < -0.4 is 9.47 Å². The quantitative estimate of drug-likeness (QED) is 0.199. The molecule has 2 heterocycles. The van der Waals surface area contributed by atoms with Gasteiger partial charge in [0.25, 0.3) is 5.69 Å². The lowest BCUT2D eigenvalue weighted by atomic mass is 10.1. The second-order valence-corrected chi connectivity index (χ2v) is 9.24. The van der Waals surface area contributed by atoms with Crippen LogP contribution in [0.4, 0.5) is 11.4 Å². The van der Waals surface area contributed by atoms with Crippen molar-refractivity contribution < 1.29 is 23.8 Å². The first-order valence-corrected chi connectivity index (χ1v) is 12.2. The molecule has 178 valence electrons. The summed E-state index contributed by atoms with van der Waals surface area (Å²) in [7, 11) is 0. The summed E-state index contributed by atoms with van der Waals surface area (Å²) in [5.41, 5.74) is 4.71. The number of benzene rings is 2. The van der Waals surface area contributed by atoms with Gasteiger partial charge in [-0.05, 0) is 18.2 Å². The number of halogens is 1. The van der Waals surface area contributed by atoms with Crippen LogP contribution in [0, 0.1) is 17.0 Å². The number of hydrogen-bond acceptors (Lipinski definition) is 7. The Labute approximate surface area is 206 Å². The lowest BCUT2D eigenvalue weighted by Crippen LogP contribution is -2.36. The van der Waals surface area contributed by atoms with Gasteiger partial charge in [-0.15, -0.1) is 0 Å². The minimum atomic E-state index is -0.574. The minimum absolute atomic E-state index is 0.105. The molecule has 10 heteroatoms. The molecule has 1 aromatic heterocycles. The van der Waals surface area contributed by atoms with Gasteiger partial charge < -0.3 is 14.4 Å². The van der Waals surface area contributed by atoms with Crippen LogP contribution in [0.1, 0.15) is 26.5 Å². The molecule has 1 aliphatic heterocycles. The predicted molar refractivity (Wildman–Crippen MR) is 130 cm³/mol. The van der Waals surface area contributed by atoms with Gasteiger partial charge in [-0.1, -0.05) is 41.1 Å². The van der Waals surface area contributed by atoms with E-state index in [0.717, 1.165) is 21.2 Å². The van der Waals surface area contributed by atoms with Gasteiger partial charge in [0.15, 0.2) is 12.2 Å². The Hall–Kier alpha value is -3.01. The monoisotopic (exact) mass is 502 g/mol. The SMILES string of the molecule is Cc1c(CCOC(=O)c2ccc(N3CCOCC3)c([N+](=O)[O-])c2)sc[n+]1Cc1ccccc1Cl. The second-order valence-electron chi connectivity index (χ2n) is 7.90. The smallest absolute Gasteiger partial charge is 0.338 e. The van der Waals surface area contributed by atoms with Crippen molar-refractivity contribution in [1.29, 1.82) is 0 Å². The van der Waals surface area contributed by atoms with Gasteiger partial charge in [0.2, 0.25) is 5.51 Å². The van der Waals surface area contributed by atoms with Crippen molar-refractivity contribution in [2.45, 2.75) is 19.9 Å². The highest BCUT2D eigenvalue weighted by molar-refractivity contribution is 7.09. The standard InChI is InChI=1S/C24H25ClN3O5S/c1-17-23(34-16-27(17)15-19-4-2-3-5-20(19)25)8-11-33-24(29)18-6-7-21(22(14-18)28(30)31)26-9-12-32-13-10-26/h2-7,14,16H,8-13,15H2,1H3/q+1. The molecular weight excluding hydrogens is 478 g/mol. The third-order valence-electron chi connectivity index (χ3n) is 5.78. The summed E-state index contributed by atoms with van der Waals surface area (Å²) < 4.78 is 12.9. The van der Waals surface area contributed by atoms with Crippen molar-refractivity contribution in [3.63, 3.8) is 0 Å². The van der Waals surface area contributed by atoms with Crippen LogP contribution in [-0.4, -0.2) is 43.8 Å². The zero-order valence-electron chi connectivity index (χ0n) is 18.7. The van der Waals surface area contributed by atoms with Gasteiger partial charge >= 0.3 is 5.97 Å². The number of carbonyl (C=O) groups is 1. The fourth-order valence-electron chi connectivity index (χ4n) is 3.85. The average molecular weight is 503 g/mol. The summed E-state index contributed by atoms with van der Waals surface area (Å²) >= 11 is 7.87. The third kappa shape index (κ3) is 5.55. The number of anilines is 1. The van der Waals surface area contributed by atoms with Crippen molar-refractivity contribution in [3.05, 3.63) is 84.8 Å². The number of rotatable bonds is 8. The van der Waals surface area contributed by atoms with Crippen molar-refractivity contribution in [1.82, 2.24) is 0 Å². The largest absolute Gasteiger partial charge is 0.462 e. The van der Waals surface area contributed by atoms with Crippen LogP contribution in [-0.2, 0) is 22.4 Å². The van der Waals surface area contributed by atoms with Crippen LogP contribution in [0.3, 0.4) is 0 Å². The van der Waals surface area contributed by atoms with Crippen LogP contribution in [0.25, 0.3) is 0 Å². The van der Waals surface area contributed by atoms with E-state index in [2.05, 4.69) is 4.57 Å². The Morgan fingerprint density at radius 3 is 2.76 bits per heavy atom. The molecule has 0 radical (unpaired) electrons. The van der Waals surface area contributed by atoms with Gasteiger partial charge in [-0.2, -0.15) is 4.57 Å². The number of hydrogen-bond donors (Lipinski definition) is 0. The number of nitro benzene ring substituents is 1. The molecule has 0 aliphatic carbocycles. The third-order valence-corrected chi connectivity index (χ3v) is 7.29. The zero-order valence-corrected chi connectivity index (χ0v) is 20.3. The van der Waals surface area contributed by atoms with Crippen molar-refractivity contribution in [2.75, 3.05) is 37.8 Å². The first-order valence-electron chi connectivity index (χ1n) is 10.9. The Balaban J connectivity index is 1.38. The van der Waals surface area contributed by atoms with E-state index in [1.807, 2.05) is 41.6 Å². The van der Waals surface area contributed by atoms with Crippen LogP contribution >= 0.6 is 22.9 Å². The van der Waals surface area contributed by atoms with Crippen LogP contribution in [0.15, 0.2) is 48.0 Å². The molecule has 0 bridgehead atoms. The van der Waals surface area contributed by atoms with E-state index in [0.29, 0.717) is 45.0 Å². The second kappa shape index (κ2) is 10.9. The van der Waals surface area contributed by atoms with E-state index in [-0.39, 0.29) is 17.9 Å². The first kappa shape index (κ1) is 24.1. The fourth-order valence-corrected chi connectivity index (χ4v) is 5.02.